The summed E-state index contributed by atoms with van der Waals surface area (Å²) in [7, 11) is -3.42. The zero-order valence-corrected chi connectivity index (χ0v) is 20.9. The van der Waals surface area contributed by atoms with Crippen LogP contribution in [0.2, 0.25) is 0 Å². The Morgan fingerprint density at radius 1 is 1.36 bits per heavy atom. The van der Waals surface area contributed by atoms with Crippen LogP contribution in [-0.4, -0.2) is 64.6 Å². The predicted octanol–water partition coefficient (Wildman–Crippen LogP) is 2.32. The summed E-state index contributed by atoms with van der Waals surface area (Å²) in [5, 5.41) is 8.50. The summed E-state index contributed by atoms with van der Waals surface area (Å²) in [5.74, 6) is 1.46. The standard InChI is InChI=1S/C18H33N5O2S2.HI/c1-4-19-18(22-16-7-11-23(12-8-16)14-15(2)3)20-9-10-21-27(24,25)17-6-5-13-26-17;/h5-6,13,15-16,21H,4,7-12,14H2,1-3H3,(H2,19,20,22);1H. The number of hydrogen-bond acceptors (Lipinski definition) is 5. The van der Waals surface area contributed by atoms with Gasteiger partial charge in [0.15, 0.2) is 5.96 Å². The number of thiophene rings is 1. The van der Waals surface area contributed by atoms with Crippen LogP contribution in [0, 0.1) is 5.92 Å². The van der Waals surface area contributed by atoms with Gasteiger partial charge in [-0.15, -0.1) is 35.3 Å². The van der Waals surface area contributed by atoms with Gasteiger partial charge >= 0.3 is 0 Å². The molecule has 1 aliphatic rings. The average molecular weight is 544 g/mol. The van der Waals surface area contributed by atoms with E-state index in [0.717, 1.165) is 45.0 Å². The van der Waals surface area contributed by atoms with Crippen LogP contribution in [0.4, 0.5) is 0 Å². The van der Waals surface area contributed by atoms with E-state index in [4.69, 9.17) is 0 Å². The number of nitrogens with one attached hydrogen (secondary N) is 3. The normalized spacial score (nSPS) is 16.8. The van der Waals surface area contributed by atoms with E-state index in [2.05, 4.69) is 39.1 Å². The number of likely N-dealkylation sites (tertiary alicyclic amines) is 1. The van der Waals surface area contributed by atoms with Gasteiger partial charge in [-0.05, 0) is 37.1 Å². The molecular formula is C18H34IN5O2S2. The Bertz CT molecular complexity index is 672. The van der Waals surface area contributed by atoms with E-state index in [1.54, 1.807) is 17.5 Å². The molecule has 2 heterocycles. The Labute approximate surface area is 190 Å². The maximum absolute atomic E-state index is 12.1. The van der Waals surface area contributed by atoms with Crippen LogP contribution < -0.4 is 15.4 Å². The van der Waals surface area contributed by atoms with Crippen LogP contribution >= 0.6 is 35.3 Å². The average Bonchev–Trinajstić information content (AvgIpc) is 3.16. The lowest BCUT2D eigenvalue weighted by atomic mass is 10.0. The van der Waals surface area contributed by atoms with Crippen molar-refractivity contribution in [3.8, 4) is 0 Å². The lowest BCUT2D eigenvalue weighted by Crippen LogP contribution is -2.49. The fourth-order valence-corrected chi connectivity index (χ4v) is 5.18. The number of hydrogen-bond donors (Lipinski definition) is 3. The molecule has 10 heteroatoms. The molecule has 0 bridgehead atoms. The molecule has 0 atom stereocenters. The third-order valence-electron chi connectivity index (χ3n) is 4.33. The van der Waals surface area contributed by atoms with E-state index in [9.17, 15) is 8.42 Å². The van der Waals surface area contributed by atoms with Gasteiger partial charge < -0.3 is 15.5 Å². The minimum absolute atomic E-state index is 0. The molecule has 1 fully saturated rings. The first-order chi connectivity index (χ1) is 12.9. The fraction of sp³-hybridized carbons (Fsp3) is 0.722. The zero-order valence-electron chi connectivity index (χ0n) is 17.0. The van der Waals surface area contributed by atoms with E-state index in [1.807, 2.05) is 6.92 Å². The van der Waals surface area contributed by atoms with Gasteiger partial charge in [0.05, 0.1) is 6.54 Å². The Morgan fingerprint density at radius 3 is 2.64 bits per heavy atom. The second kappa shape index (κ2) is 13.0. The second-order valence-corrected chi connectivity index (χ2v) is 10.1. The van der Waals surface area contributed by atoms with Crippen LogP contribution in [0.3, 0.4) is 0 Å². The van der Waals surface area contributed by atoms with Crippen molar-refractivity contribution in [2.75, 3.05) is 39.3 Å². The summed E-state index contributed by atoms with van der Waals surface area (Å²) in [6.45, 7) is 11.4. The summed E-state index contributed by atoms with van der Waals surface area (Å²) >= 11 is 1.21. The van der Waals surface area contributed by atoms with Crippen molar-refractivity contribution in [2.24, 2.45) is 10.9 Å². The van der Waals surface area contributed by atoms with Gasteiger partial charge in [-0.25, -0.2) is 13.1 Å². The molecule has 0 aromatic carbocycles. The molecule has 7 nitrogen and oxygen atoms in total. The number of halogens is 1. The first-order valence-corrected chi connectivity index (χ1v) is 12.1. The van der Waals surface area contributed by atoms with E-state index >= 15 is 0 Å². The highest BCUT2D eigenvalue weighted by Gasteiger charge is 2.20. The number of aliphatic imine (C=N–C) groups is 1. The highest BCUT2D eigenvalue weighted by molar-refractivity contribution is 14.0. The number of sulfonamides is 1. The molecule has 0 saturated carbocycles. The molecule has 28 heavy (non-hydrogen) atoms. The zero-order chi connectivity index (χ0) is 19.7. The minimum atomic E-state index is -3.42. The smallest absolute Gasteiger partial charge is 0.250 e. The van der Waals surface area contributed by atoms with Crippen molar-refractivity contribution in [3.63, 3.8) is 0 Å². The summed E-state index contributed by atoms with van der Waals surface area (Å²) in [5.41, 5.74) is 0. The highest BCUT2D eigenvalue weighted by atomic mass is 127. The molecule has 0 radical (unpaired) electrons. The van der Waals surface area contributed by atoms with E-state index < -0.39 is 10.0 Å². The Morgan fingerprint density at radius 2 is 2.07 bits per heavy atom. The molecule has 0 spiro atoms. The Balaban J connectivity index is 0.00000392. The SMILES string of the molecule is CCNC(=NCCNS(=O)(=O)c1cccs1)NC1CCN(CC(C)C)CC1.I. The van der Waals surface area contributed by atoms with Crippen molar-refractivity contribution >= 4 is 51.3 Å². The van der Waals surface area contributed by atoms with Crippen LogP contribution in [-0.2, 0) is 10.0 Å². The molecule has 1 aromatic rings. The molecular weight excluding hydrogens is 509 g/mol. The number of piperidine rings is 1. The molecule has 1 aliphatic heterocycles. The van der Waals surface area contributed by atoms with E-state index in [-0.39, 0.29) is 30.5 Å². The number of rotatable bonds is 9. The fourth-order valence-electron chi connectivity index (χ4n) is 3.12. The molecule has 0 amide bonds. The van der Waals surface area contributed by atoms with Gasteiger partial charge in [-0.1, -0.05) is 19.9 Å². The lowest BCUT2D eigenvalue weighted by molar-refractivity contribution is 0.187. The van der Waals surface area contributed by atoms with Crippen LogP contribution in [0.25, 0.3) is 0 Å². The van der Waals surface area contributed by atoms with E-state index in [0.29, 0.717) is 22.7 Å². The third-order valence-corrected chi connectivity index (χ3v) is 7.19. The van der Waals surface area contributed by atoms with Crippen molar-refractivity contribution in [2.45, 2.75) is 43.9 Å². The molecule has 1 saturated heterocycles. The monoisotopic (exact) mass is 543 g/mol. The molecule has 1 aromatic heterocycles. The number of nitrogens with zero attached hydrogens (tertiary/aromatic N) is 2. The van der Waals surface area contributed by atoms with Crippen molar-refractivity contribution < 1.29 is 8.42 Å². The first-order valence-electron chi connectivity index (χ1n) is 9.71. The van der Waals surface area contributed by atoms with Crippen molar-refractivity contribution in [1.82, 2.24) is 20.3 Å². The predicted molar refractivity (Wildman–Crippen MR) is 128 cm³/mol. The maximum Gasteiger partial charge on any atom is 0.250 e. The number of guanidine groups is 1. The quantitative estimate of drug-likeness (QED) is 0.193. The Kier molecular flexibility index (Phi) is 11.9. The van der Waals surface area contributed by atoms with Crippen LogP contribution in [0.5, 0.6) is 0 Å². The van der Waals surface area contributed by atoms with Gasteiger partial charge in [0.25, 0.3) is 0 Å². The molecule has 0 unspecified atom stereocenters. The Hall–Kier alpha value is -0.430. The summed E-state index contributed by atoms with van der Waals surface area (Å²) in [6.07, 6.45) is 2.20. The van der Waals surface area contributed by atoms with Gasteiger partial charge in [0.1, 0.15) is 4.21 Å². The van der Waals surface area contributed by atoms with Crippen molar-refractivity contribution in [3.05, 3.63) is 17.5 Å². The van der Waals surface area contributed by atoms with Gasteiger partial charge in [-0.2, -0.15) is 0 Å². The van der Waals surface area contributed by atoms with Crippen LogP contribution in [0.15, 0.2) is 26.7 Å². The molecule has 3 N–H and O–H groups in total. The molecule has 2 rings (SSSR count). The topological polar surface area (TPSA) is 85.8 Å². The maximum atomic E-state index is 12.1. The summed E-state index contributed by atoms with van der Waals surface area (Å²) < 4.78 is 27.1. The lowest BCUT2D eigenvalue weighted by Gasteiger charge is -2.34. The van der Waals surface area contributed by atoms with Gasteiger partial charge in [0, 0.05) is 38.8 Å². The third kappa shape index (κ3) is 8.93. The summed E-state index contributed by atoms with van der Waals surface area (Å²) in [6, 6.07) is 3.75. The molecule has 0 aliphatic carbocycles. The minimum Gasteiger partial charge on any atom is -0.357 e. The van der Waals surface area contributed by atoms with Crippen LogP contribution in [0.1, 0.15) is 33.6 Å². The van der Waals surface area contributed by atoms with Crippen molar-refractivity contribution in [1.29, 1.82) is 0 Å². The van der Waals surface area contributed by atoms with E-state index in [1.165, 1.54) is 11.3 Å². The van der Waals surface area contributed by atoms with Gasteiger partial charge in [-0.3, -0.25) is 4.99 Å². The van der Waals surface area contributed by atoms with Gasteiger partial charge in [0.2, 0.25) is 10.0 Å². The second-order valence-electron chi connectivity index (χ2n) is 7.20. The first kappa shape index (κ1) is 25.6. The molecule has 162 valence electrons. The highest BCUT2D eigenvalue weighted by Crippen LogP contribution is 2.15. The summed E-state index contributed by atoms with van der Waals surface area (Å²) in [4.78, 5) is 7.04. The largest absolute Gasteiger partial charge is 0.357 e.